The number of hydrogen-bond donors (Lipinski definition) is 0. The monoisotopic (exact) mass is 261 g/mol. The van der Waals surface area contributed by atoms with Gasteiger partial charge >= 0.3 is 0 Å². The van der Waals surface area contributed by atoms with Gasteiger partial charge in [-0.1, -0.05) is 6.08 Å². The molecule has 3 nitrogen and oxygen atoms in total. The number of allylic oxidation sites excluding steroid dienone is 6. The second kappa shape index (κ2) is 4.75. The van der Waals surface area contributed by atoms with Crippen molar-refractivity contribution >= 4 is 0 Å². The van der Waals surface area contributed by atoms with Crippen molar-refractivity contribution in [3.63, 3.8) is 0 Å². The number of hydrogen-bond acceptors (Lipinski definition) is 2. The minimum atomic E-state index is -0.155. The van der Waals surface area contributed by atoms with Crippen molar-refractivity contribution in [1.29, 1.82) is 0 Å². The van der Waals surface area contributed by atoms with Gasteiger partial charge in [-0.2, -0.15) is 4.84 Å². The molecule has 1 aliphatic carbocycles. The lowest BCUT2D eigenvalue weighted by atomic mass is 9.74. The van der Waals surface area contributed by atoms with Crippen LogP contribution in [-0.4, -0.2) is 32.5 Å². The van der Waals surface area contributed by atoms with Gasteiger partial charge in [0.25, 0.3) is 0 Å². The molecule has 0 bridgehead atoms. The maximum atomic E-state index is 5.75. The molecular formula is C16H23NO2+. The van der Waals surface area contributed by atoms with Crippen LogP contribution in [0, 0.1) is 11.5 Å². The van der Waals surface area contributed by atoms with E-state index in [1.165, 1.54) is 5.57 Å². The molecule has 0 amide bonds. The number of hydroxylamine groups is 3. The second-order valence-corrected chi connectivity index (χ2v) is 5.68. The number of methoxy groups -OCH3 is 1. The smallest absolute Gasteiger partial charge is 0.175 e. The van der Waals surface area contributed by atoms with Crippen molar-refractivity contribution in [2.24, 2.45) is 5.41 Å². The van der Waals surface area contributed by atoms with E-state index in [4.69, 9.17) is 9.57 Å². The molecule has 2 unspecified atom stereocenters. The predicted molar refractivity (Wildman–Crippen MR) is 75.5 cm³/mol. The highest BCUT2D eigenvalue weighted by Gasteiger charge is 2.45. The minimum Gasteiger partial charge on any atom is -0.383 e. The van der Waals surface area contributed by atoms with E-state index in [1.54, 1.807) is 14.2 Å². The SMILES string of the molecule is COCC1(C)C=C(C)C=C2C1=[C]C=C(C)[N+]2(C)OC. The highest BCUT2D eigenvalue weighted by Crippen LogP contribution is 2.45. The molecule has 0 saturated carbocycles. The Kier molecular flexibility index (Phi) is 3.56. The Morgan fingerprint density at radius 2 is 2.00 bits per heavy atom. The van der Waals surface area contributed by atoms with Gasteiger partial charge in [0.1, 0.15) is 12.7 Å². The fourth-order valence-electron chi connectivity index (χ4n) is 2.92. The molecule has 1 radical (unpaired) electrons. The van der Waals surface area contributed by atoms with Crippen molar-refractivity contribution in [2.75, 3.05) is 27.9 Å². The van der Waals surface area contributed by atoms with Crippen molar-refractivity contribution in [3.8, 4) is 0 Å². The quantitative estimate of drug-likeness (QED) is 0.727. The summed E-state index contributed by atoms with van der Waals surface area (Å²) in [6.45, 7) is 7.01. The van der Waals surface area contributed by atoms with Crippen LogP contribution in [0.2, 0.25) is 0 Å². The van der Waals surface area contributed by atoms with E-state index in [0.29, 0.717) is 11.3 Å². The standard InChI is InChI=1S/C16H23NO2/c1-12-9-15-14(16(3,10-12)11-18-5)8-7-13(2)17(15,4)19-6/h7,9-10H,11H2,1-6H3/q+1. The van der Waals surface area contributed by atoms with E-state index in [2.05, 4.69) is 46.0 Å². The fourth-order valence-corrected chi connectivity index (χ4v) is 2.92. The molecule has 2 atom stereocenters. The van der Waals surface area contributed by atoms with Crippen LogP contribution in [0.3, 0.4) is 0 Å². The molecule has 1 heterocycles. The van der Waals surface area contributed by atoms with Crippen molar-refractivity contribution < 1.29 is 14.2 Å². The zero-order valence-electron chi connectivity index (χ0n) is 12.7. The average Bonchev–Trinajstić information content (AvgIpc) is 2.34. The first-order valence-corrected chi connectivity index (χ1v) is 6.52. The summed E-state index contributed by atoms with van der Waals surface area (Å²) >= 11 is 0. The molecule has 1 aliphatic heterocycles. The van der Waals surface area contributed by atoms with E-state index < -0.39 is 0 Å². The van der Waals surface area contributed by atoms with Gasteiger partial charge in [-0.25, -0.2) is 0 Å². The molecule has 0 spiro atoms. The molecule has 2 aliphatic rings. The third-order valence-electron chi connectivity index (χ3n) is 4.11. The summed E-state index contributed by atoms with van der Waals surface area (Å²) in [6.07, 6.45) is 9.86. The summed E-state index contributed by atoms with van der Waals surface area (Å²) < 4.78 is 5.78. The number of ether oxygens (including phenoxy) is 1. The summed E-state index contributed by atoms with van der Waals surface area (Å²) in [4.78, 5) is 5.75. The summed E-state index contributed by atoms with van der Waals surface area (Å²) in [6, 6.07) is 0. The van der Waals surface area contributed by atoms with Crippen LogP contribution in [0.5, 0.6) is 0 Å². The number of rotatable bonds is 3. The molecule has 0 aromatic heterocycles. The van der Waals surface area contributed by atoms with Crippen LogP contribution in [0.1, 0.15) is 20.8 Å². The Balaban J connectivity index is 2.60. The third-order valence-corrected chi connectivity index (χ3v) is 4.11. The number of quaternary nitrogens is 1. The Morgan fingerprint density at radius 3 is 2.58 bits per heavy atom. The lowest BCUT2D eigenvalue weighted by Gasteiger charge is -2.41. The van der Waals surface area contributed by atoms with Crippen LogP contribution < -0.4 is 0 Å². The van der Waals surface area contributed by atoms with E-state index in [1.807, 2.05) is 6.08 Å². The minimum absolute atomic E-state index is 0.155. The van der Waals surface area contributed by atoms with E-state index in [0.717, 1.165) is 17.0 Å². The number of fused-ring (bicyclic) bond motifs is 1. The van der Waals surface area contributed by atoms with Gasteiger partial charge in [0.05, 0.1) is 13.7 Å². The summed E-state index contributed by atoms with van der Waals surface area (Å²) in [5.41, 5.74) is 4.48. The van der Waals surface area contributed by atoms with Gasteiger partial charge in [-0.3, -0.25) is 0 Å². The van der Waals surface area contributed by atoms with Crippen LogP contribution in [0.4, 0.5) is 0 Å². The molecule has 0 aromatic carbocycles. The molecule has 103 valence electrons. The maximum Gasteiger partial charge on any atom is 0.175 e. The summed E-state index contributed by atoms with van der Waals surface area (Å²) in [7, 11) is 5.54. The lowest BCUT2D eigenvalue weighted by Crippen LogP contribution is -2.45. The van der Waals surface area contributed by atoms with Crippen LogP contribution in [0.15, 0.2) is 40.8 Å². The first kappa shape index (κ1) is 14.3. The Hall–Kier alpha value is -1.16. The largest absolute Gasteiger partial charge is 0.383 e. The molecule has 19 heavy (non-hydrogen) atoms. The topological polar surface area (TPSA) is 18.5 Å². The van der Waals surface area contributed by atoms with Crippen molar-refractivity contribution in [2.45, 2.75) is 20.8 Å². The predicted octanol–water partition coefficient (Wildman–Crippen LogP) is 3.14. The molecular weight excluding hydrogens is 238 g/mol. The van der Waals surface area contributed by atoms with Gasteiger partial charge in [0.2, 0.25) is 0 Å². The maximum absolute atomic E-state index is 5.75. The number of nitrogens with zero attached hydrogens (tertiary/aromatic N) is 1. The van der Waals surface area contributed by atoms with Crippen LogP contribution in [-0.2, 0) is 9.57 Å². The molecule has 0 saturated heterocycles. The Labute approximate surface area is 116 Å². The molecule has 0 fully saturated rings. The van der Waals surface area contributed by atoms with Gasteiger partial charge in [0, 0.05) is 37.2 Å². The third kappa shape index (κ3) is 2.12. The highest BCUT2D eigenvalue weighted by atomic mass is 16.7. The van der Waals surface area contributed by atoms with E-state index in [-0.39, 0.29) is 5.41 Å². The van der Waals surface area contributed by atoms with Crippen molar-refractivity contribution in [1.82, 2.24) is 0 Å². The first-order chi connectivity index (χ1) is 8.87. The van der Waals surface area contributed by atoms with Gasteiger partial charge in [0.15, 0.2) is 5.70 Å². The van der Waals surface area contributed by atoms with Crippen LogP contribution >= 0.6 is 0 Å². The Bertz CT molecular complexity index is 513. The average molecular weight is 261 g/mol. The number of likely N-dealkylation sites (N-methyl/N-ethyl adjacent to an activating group) is 1. The lowest BCUT2D eigenvalue weighted by molar-refractivity contribution is -1.03. The zero-order chi connectivity index (χ0) is 14.3. The first-order valence-electron chi connectivity index (χ1n) is 6.52. The summed E-state index contributed by atoms with van der Waals surface area (Å²) in [5, 5.41) is 0. The van der Waals surface area contributed by atoms with Gasteiger partial charge < -0.3 is 4.74 Å². The van der Waals surface area contributed by atoms with Crippen molar-refractivity contribution in [3.05, 3.63) is 46.8 Å². The molecule has 0 aromatic rings. The zero-order valence-corrected chi connectivity index (χ0v) is 12.7. The Morgan fingerprint density at radius 1 is 1.32 bits per heavy atom. The molecule has 2 rings (SSSR count). The normalized spacial score (nSPS) is 34.0. The summed E-state index contributed by atoms with van der Waals surface area (Å²) in [5.74, 6) is 0. The molecule has 3 heteroatoms. The fraction of sp³-hybridized carbons (Fsp3) is 0.500. The van der Waals surface area contributed by atoms with Gasteiger partial charge in [-0.05, 0) is 25.5 Å². The van der Waals surface area contributed by atoms with E-state index in [9.17, 15) is 0 Å². The highest BCUT2D eigenvalue weighted by molar-refractivity contribution is 5.47. The van der Waals surface area contributed by atoms with Gasteiger partial charge in [-0.15, -0.1) is 4.65 Å². The molecule has 0 N–H and O–H groups in total. The van der Waals surface area contributed by atoms with Crippen LogP contribution in [0.25, 0.3) is 0 Å². The van der Waals surface area contributed by atoms with E-state index >= 15 is 0 Å². The second-order valence-electron chi connectivity index (χ2n) is 5.68.